The SMILES string of the molecule is CCCc1nc2c(C)cccn2c1C(=O)Nc1cc(C)on1. The van der Waals surface area contributed by atoms with E-state index in [-0.39, 0.29) is 5.91 Å². The molecule has 114 valence electrons. The molecule has 6 nitrogen and oxygen atoms in total. The molecule has 1 N–H and O–H groups in total. The van der Waals surface area contributed by atoms with Gasteiger partial charge in [0, 0.05) is 12.3 Å². The number of carbonyl (C=O) groups is 1. The van der Waals surface area contributed by atoms with Crippen LogP contribution in [0.3, 0.4) is 0 Å². The van der Waals surface area contributed by atoms with Crippen LogP contribution < -0.4 is 5.32 Å². The zero-order chi connectivity index (χ0) is 15.7. The van der Waals surface area contributed by atoms with Crippen LogP contribution in [-0.2, 0) is 6.42 Å². The van der Waals surface area contributed by atoms with E-state index in [1.807, 2.05) is 29.7 Å². The highest BCUT2D eigenvalue weighted by molar-refractivity contribution is 6.04. The number of hydrogen-bond acceptors (Lipinski definition) is 4. The Morgan fingerprint density at radius 2 is 2.23 bits per heavy atom. The topological polar surface area (TPSA) is 72.4 Å². The summed E-state index contributed by atoms with van der Waals surface area (Å²) in [6.07, 6.45) is 3.53. The van der Waals surface area contributed by atoms with Crippen LogP contribution in [0.25, 0.3) is 5.65 Å². The second kappa shape index (κ2) is 5.63. The van der Waals surface area contributed by atoms with Crippen molar-refractivity contribution in [2.75, 3.05) is 5.32 Å². The number of hydrogen-bond donors (Lipinski definition) is 1. The van der Waals surface area contributed by atoms with Crippen LogP contribution in [0.4, 0.5) is 5.82 Å². The van der Waals surface area contributed by atoms with Crippen LogP contribution in [0, 0.1) is 13.8 Å². The molecule has 3 rings (SSSR count). The number of aryl methyl sites for hydroxylation is 3. The Kier molecular flexibility index (Phi) is 3.66. The Bertz CT molecular complexity index is 832. The second-order valence-corrected chi connectivity index (χ2v) is 5.32. The number of nitrogens with zero attached hydrogens (tertiary/aromatic N) is 3. The van der Waals surface area contributed by atoms with Gasteiger partial charge in [0.2, 0.25) is 0 Å². The van der Waals surface area contributed by atoms with Crippen molar-refractivity contribution in [2.24, 2.45) is 0 Å². The van der Waals surface area contributed by atoms with Crippen molar-refractivity contribution in [1.29, 1.82) is 0 Å². The Hall–Kier alpha value is -2.63. The predicted molar refractivity (Wildman–Crippen MR) is 83.1 cm³/mol. The summed E-state index contributed by atoms with van der Waals surface area (Å²) in [5, 5.41) is 6.57. The maximum absolute atomic E-state index is 12.7. The summed E-state index contributed by atoms with van der Waals surface area (Å²) in [4.78, 5) is 17.3. The van der Waals surface area contributed by atoms with Gasteiger partial charge >= 0.3 is 0 Å². The monoisotopic (exact) mass is 298 g/mol. The summed E-state index contributed by atoms with van der Waals surface area (Å²) in [7, 11) is 0. The zero-order valence-corrected chi connectivity index (χ0v) is 12.9. The summed E-state index contributed by atoms with van der Waals surface area (Å²) in [5.74, 6) is 0.834. The molecule has 0 bridgehead atoms. The average Bonchev–Trinajstić information content (AvgIpc) is 3.04. The van der Waals surface area contributed by atoms with Gasteiger partial charge in [-0.3, -0.25) is 9.20 Å². The molecule has 0 aliphatic rings. The number of carbonyl (C=O) groups excluding carboxylic acids is 1. The van der Waals surface area contributed by atoms with Crippen molar-refractivity contribution >= 4 is 17.4 Å². The maximum atomic E-state index is 12.7. The fourth-order valence-electron chi connectivity index (χ4n) is 2.50. The van der Waals surface area contributed by atoms with E-state index in [9.17, 15) is 4.79 Å². The number of anilines is 1. The van der Waals surface area contributed by atoms with Crippen molar-refractivity contribution in [3.63, 3.8) is 0 Å². The van der Waals surface area contributed by atoms with E-state index in [2.05, 4.69) is 22.4 Å². The minimum Gasteiger partial charge on any atom is -0.360 e. The maximum Gasteiger partial charge on any atom is 0.275 e. The quantitative estimate of drug-likeness (QED) is 0.803. The summed E-state index contributed by atoms with van der Waals surface area (Å²) in [5.41, 5.74) is 3.21. The fourth-order valence-corrected chi connectivity index (χ4v) is 2.50. The van der Waals surface area contributed by atoms with E-state index in [0.717, 1.165) is 29.7 Å². The predicted octanol–water partition coefficient (Wildman–Crippen LogP) is 3.14. The molecular weight excluding hydrogens is 280 g/mol. The Morgan fingerprint density at radius 3 is 2.91 bits per heavy atom. The number of amides is 1. The molecule has 0 saturated heterocycles. The third-order valence-corrected chi connectivity index (χ3v) is 3.49. The standard InChI is InChI=1S/C16H18N4O2/c1-4-6-12-14(16(21)18-13-9-11(3)22-19-13)20-8-5-7-10(2)15(20)17-12/h5,7-9H,4,6H2,1-3H3,(H,18,19,21). The average molecular weight is 298 g/mol. The first kappa shape index (κ1) is 14.3. The molecule has 6 heteroatoms. The van der Waals surface area contributed by atoms with Crippen LogP contribution in [-0.4, -0.2) is 20.4 Å². The highest BCUT2D eigenvalue weighted by atomic mass is 16.5. The first-order valence-corrected chi connectivity index (χ1v) is 7.31. The number of pyridine rings is 1. The third-order valence-electron chi connectivity index (χ3n) is 3.49. The highest BCUT2D eigenvalue weighted by Crippen LogP contribution is 2.19. The van der Waals surface area contributed by atoms with Gasteiger partial charge in [0.1, 0.15) is 17.1 Å². The first-order valence-electron chi connectivity index (χ1n) is 7.31. The van der Waals surface area contributed by atoms with E-state index in [0.29, 0.717) is 17.3 Å². The molecule has 0 radical (unpaired) electrons. The van der Waals surface area contributed by atoms with Crippen molar-refractivity contribution in [3.8, 4) is 0 Å². The van der Waals surface area contributed by atoms with E-state index < -0.39 is 0 Å². The number of nitrogens with one attached hydrogen (secondary N) is 1. The van der Waals surface area contributed by atoms with Gasteiger partial charge in [0.15, 0.2) is 5.82 Å². The van der Waals surface area contributed by atoms with Crippen molar-refractivity contribution in [2.45, 2.75) is 33.6 Å². The molecule has 0 spiro atoms. The fraction of sp³-hybridized carbons (Fsp3) is 0.312. The van der Waals surface area contributed by atoms with E-state index >= 15 is 0 Å². The van der Waals surface area contributed by atoms with E-state index in [4.69, 9.17) is 4.52 Å². The first-order chi connectivity index (χ1) is 10.6. The lowest BCUT2D eigenvalue weighted by molar-refractivity contribution is 0.101. The van der Waals surface area contributed by atoms with Gasteiger partial charge < -0.3 is 9.84 Å². The van der Waals surface area contributed by atoms with Crippen LogP contribution in [0.5, 0.6) is 0 Å². The lowest BCUT2D eigenvalue weighted by Crippen LogP contribution is -2.16. The highest BCUT2D eigenvalue weighted by Gasteiger charge is 2.20. The molecule has 3 aromatic rings. The molecule has 0 saturated carbocycles. The Balaban J connectivity index is 2.05. The van der Waals surface area contributed by atoms with Gasteiger partial charge in [0.05, 0.1) is 5.69 Å². The minimum absolute atomic E-state index is 0.227. The molecule has 0 aliphatic carbocycles. The van der Waals surface area contributed by atoms with Crippen LogP contribution >= 0.6 is 0 Å². The van der Waals surface area contributed by atoms with Crippen molar-refractivity contribution in [3.05, 3.63) is 47.1 Å². The van der Waals surface area contributed by atoms with Crippen LogP contribution in [0.2, 0.25) is 0 Å². The summed E-state index contributed by atoms with van der Waals surface area (Å²) in [6.45, 7) is 5.84. The number of rotatable bonds is 4. The Labute approximate surface area is 128 Å². The van der Waals surface area contributed by atoms with Gasteiger partial charge in [-0.1, -0.05) is 24.6 Å². The molecule has 3 heterocycles. The van der Waals surface area contributed by atoms with Gasteiger partial charge in [0.25, 0.3) is 5.91 Å². The van der Waals surface area contributed by atoms with Gasteiger partial charge in [-0.25, -0.2) is 4.98 Å². The lowest BCUT2D eigenvalue weighted by atomic mass is 10.2. The van der Waals surface area contributed by atoms with E-state index in [1.54, 1.807) is 13.0 Å². The third kappa shape index (κ3) is 2.47. The zero-order valence-electron chi connectivity index (χ0n) is 12.9. The number of imidazole rings is 1. The molecule has 0 aliphatic heterocycles. The molecule has 3 aromatic heterocycles. The van der Waals surface area contributed by atoms with Crippen LogP contribution in [0.15, 0.2) is 28.9 Å². The molecule has 1 amide bonds. The summed E-state index contributed by atoms with van der Waals surface area (Å²) < 4.78 is 6.82. The molecule has 0 aromatic carbocycles. The van der Waals surface area contributed by atoms with Crippen molar-refractivity contribution < 1.29 is 9.32 Å². The van der Waals surface area contributed by atoms with Crippen molar-refractivity contribution in [1.82, 2.24) is 14.5 Å². The molecule has 22 heavy (non-hydrogen) atoms. The van der Waals surface area contributed by atoms with Gasteiger partial charge in [-0.05, 0) is 31.9 Å². The van der Waals surface area contributed by atoms with Gasteiger partial charge in [-0.15, -0.1) is 0 Å². The minimum atomic E-state index is -0.227. The normalized spacial score (nSPS) is 11.0. The molecule has 0 unspecified atom stereocenters. The molecular formula is C16H18N4O2. The lowest BCUT2D eigenvalue weighted by Gasteiger charge is -2.04. The smallest absolute Gasteiger partial charge is 0.275 e. The molecule has 0 atom stereocenters. The summed E-state index contributed by atoms with van der Waals surface area (Å²) in [6, 6.07) is 5.59. The number of fused-ring (bicyclic) bond motifs is 1. The van der Waals surface area contributed by atoms with E-state index in [1.165, 1.54) is 0 Å². The van der Waals surface area contributed by atoms with Crippen LogP contribution in [0.1, 0.15) is 40.9 Å². The molecule has 0 fully saturated rings. The van der Waals surface area contributed by atoms with Gasteiger partial charge in [-0.2, -0.15) is 0 Å². The number of aromatic nitrogens is 3. The summed E-state index contributed by atoms with van der Waals surface area (Å²) >= 11 is 0. The largest absolute Gasteiger partial charge is 0.360 e. The Morgan fingerprint density at radius 1 is 1.41 bits per heavy atom. The second-order valence-electron chi connectivity index (χ2n) is 5.32.